The van der Waals surface area contributed by atoms with E-state index in [0.717, 1.165) is 16.8 Å². The van der Waals surface area contributed by atoms with E-state index in [4.69, 9.17) is 9.47 Å². The molecular weight excluding hydrogens is 412 g/mol. The van der Waals surface area contributed by atoms with E-state index in [1.165, 1.54) is 24.3 Å². The van der Waals surface area contributed by atoms with Gasteiger partial charge >= 0.3 is 0 Å². The van der Waals surface area contributed by atoms with Crippen LogP contribution in [0.4, 0.5) is 14.5 Å². The van der Waals surface area contributed by atoms with Gasteiger partial charge in [0.05, 0.1) is 6.61 Å². The first kappa shape index (κ1) is 23.4. The van der Waals surface area contributed by atoms with Crippen molar-refractivity contribution in [2.75, 3.05) is 25.1 Å². The van der Waals surface area contributed by atoms with Crippen molar-refractivity contribution >= 4 is 18.1 Å². The lowest BCUT2D eigenvalue weighted by molar-refractivity contribution is 0.256. The molecule has 0 spiro atoms. The minimum atomic E-state index is -0.301. The Kier molecular flexibility index (Phi) is 8.89. The van der Waals surface area contributed by atoms with Crippen molar-refractivity contribution in [3.63, 3.8) is 0 Å². The molecule has 1 N–H and O–H groups in total. The molecule has 0 unspecified atom stereocenters. The predicted molar refractivity (Wildman–Crippen MR) is 116 cm³/mol. The van der Waals surface area contributed by atoms with E-state index in [1.54, 1.807) is 30.3 Å². The van der Waals surface area contributed by atoms with Crippen LogP contribution in [0.1, 0.15) is 11.1 Å². The van der Waals surface area contributed by atoms with Crippen molar-refractivity contribution in [2.45, 2.75) is 13.2 Å². The molecule has 3 aromatic carbocycles. The molecule has 160 valence electrons. The number of anilines is 1. The van der Waals surface area contributed by atoms with E-state index >= 15 is 0 Å². The summed E-state index contributed by atoms with van der Waals surface area (Å²) in [5.74, 6) is 0.467. The van der Waals surface area contributed by atoms with Gasteiger partial charge in [-0.1, -0.05) is 24.3 Å². The molecule has 7 heteroatoms. The van der Waals surface area contributed by atoms with Crippen LogP contribution in [-0.4, -0.2) is 25.3 Å². The number of rotatable bonds is 9. The number of benzene rings is 3. The molecule has 0 saturated carbocycles. The Balaban J connectivity index is 0.00000320. The highest BCUT2D eigenvalue weighted by Crippen LogP contribution is 2.33. The Morgan fingerprint density at radius 3 is 1.77 bits per heavy atom. The summed E-state index contributed by atoms with van der Waals surface area (Å²) in [4.78, 5) is 1.90. The highest BCUT2D eigenvalue weighted by Gasteiger charge is 2.11. The van der Waals surface area contributed by atoms with Crippen molar-refractivity contribution in [1.82, 2.24) is 0 Å². The van der Waals surface area contributed by atoms with Gasteiger partial charge < -0.3 is 19.5 Å². The average molecular weight is 436 g/mol. The minimum Gasteiger partial charge on any atom is -0.485 e. The number of ether oxygens (including phenoxy) is 2. The third kappa shape index (κ3) is 6.61. The Morgan fingerprint density at radius 2 is 1.27 bits per heavy atom. The summed E-state index contributed by atoms with van der Waals surface area (Å²) in [6.45, 7) is 1.03. The first-order valence-electron chi connectivity index (χ1n) is 9.25. The predicted octanol–water partition coefficient (Wildman–Crippen LogP) is 4.97. The molecule has 0 aliphatic carbocycles. The second-order valence-electron chi connectivity index (χ2n) is 6.61. The molecule has 0 atom stereocenters. The lowest BCUT2D eigenvalue weighted by Crippen LogP contribution is -2.21. The molecule has 0 aliphatic heterocycles. The summed E-state index contributed by atoms with van der Waals surface area (Å²) >= 11 is 0. The van der Waals surface area contributed by atoms with Crippen LogP contribution in [0.15, 0.2) is 66.7 Å². The Bertz CT molecular complexity index is 921. The van der Waals surface area contributed by atoms with Gasteiger partial charge in [0, 0.05) is 25.3 Å². The van der Waals surface area contributed by atoms with Crippen LogP contribution in [-0.2, 0) is 13.2 Å². The largest absolute Gasteiger partial charge is 0.485 e. The Morgan fingerprint density at radius 1 is 0.767 bits per heavy atom. The van der Waals surface area contributed by atoms with Crippen LogP contribution in [0.5, 0.6) is 11.5 Å². The highest BCUT2D eigenvalue weighted by atomic mass is 35.5. The fourth-order valence-electron chi connectivity index (χ4n) is 2.73. The van der Waals surface area contributed by atoms with Crippen molar-refractivity contribution < 1.29 is 23.4 Å². The maximum absolute atomic E-state index is 13.1. The van der Waals surface area contributed by atoms with E-state index < -0.39 is 0 Å². The Hall–Kier alpha value is -2.83. The Labute approximate surface area is 181 Å². The number of aliphatic hydroxyl groups is 1. The molecule has 0 bridgehead atoms. The number of hydrogen-bond donors (Lipinski definition) is 1. The van der Waals surface area contributed by atoms with Gasteiger partial charge in [-0.2, -0.15) is 0 Å². The first-order chi connectivity index (χ1) is 14.0. The third-order valence-electron chi connectivity index (χ3n) is 4.42. The second kappa shape index (κ2) is 11.4. The summed E-state index contributed by atoms with van der Waals surface area (Å²) in [6.07, 6.45) is 0. The molecule has 3 aromatic rings. The zero-order valence-corrected chi connectivity index (χ0v) is 17.4. The van der Waals surface area contributed by atoms with Crippen molar-refractivity contribution in [3.05, 3.63) is 89.5 Å². The van der Waals surface area contributed by atoms with Gasteiger partial charge in [0.15, 0.2) is 11.5 Å². The molecule has 3 rings (SSSR count). The quantitative estimate of drug-likeness (QED) is 0.515. The number of halogens is 3. The van der Waals surface area contributed by atoms with Crippen LogP contribution in [0.3, 0.4) is 0 Å². The molecule has 0 amide bonds. The van der Waals surface area contributed by atoms with Gasteiger partial charge in [0.25, 0.3) is 0 Å². The molecule has 0 heterocycles. The monoisotopic (exact) mass is 435 g/mol. The topological polar surface area (TPSA) is 41.9 Å². The van der Waals surface area contributed by atoms with Gasteiger partial charge in [-0.15, -0.1) is 12.4 Å². The molecule has 0 saturated heterocycles. The number of hydrogen-bond acceptors (Lipinski definition) is 4. The molecule has 4 nitrogen and oxygen atoms in total. The molecule has 30 heavy (non-hydrogen) atoms. The molecule has 0 radical (unpaired) electrons. The van der Waals surface area contributed by atoms with E-state index in [9.17, 15) is 13.9 Å². The van der Waals surface area contributed by atoms with E-state index in [1.807, 2.05) is 24.1 Å². The standard InChI is InChI=1S/C23H23F2NO3.ClH/c1-26(12-13-27)21-10-11-22(28-15-17-2-6-19(24)7-3-17)23(14-21)29-16-18-4-8-20(25)9-5-18;/h2-11,14,27H,12-13,15-16H2,1H3;1H. The van der Waals surface area contributed by atoms with Crippen molar-refractivity contribution in [1.29, 1.82) is 0 Å². The maximum atomic E-state index is 13.1. The van der Waals surface area contributed by atoms with Crippen molar-refractivity contribution in [2.24, 2.45) is 0 Å². The zero-order chi connectivity index (χ0) is 20.6. The summed E-state index contributed by atoms with van der Waals surface area (Å²) in [5, 5.41) is 9.17. The number of aliphatic hydroxyl groups excluding tert-OH is 1. The molecule has 0 aromatic heterocycles. The molecule has 0 aliphatic rings. The van der Waals surface area contributed by atoms with Crippen LogP contribution in [0, 0.1) is 11.6 Å². The summed E-state index contributed by atoms with van der Waals surface area (Å²) in [7, 11) is 1.87. The fourth-order valence-corrected chi connectivity index (χ4v) is 2.73. The summed E-state index contributed by atoms with van der Waals surface area (Å²) in [5.41, 5.74) is 2.52. The average Bonchev–Trinajstić information content (AvgIpc) is 2.73. The number of likely N-dealkylation sites (N-methyl/N-ethyl adjacent to an activating group) is 1. The lowest BCUT2D eigenvalue weighted by Gasteiger charge is -2.20. The van der Waals surface area contributed by atoms with Crippen LogP contribution >= 0.6 is 12.4 Å². The molecule has 0 fully saturated rings. The van der Waals surface area contributed by atoms with Gasteiger partial charge in [0.2, 0.25) is 0 Å². The van der Waals surface area contributed by atoms with Gasteiger partial charge in [0.1, 0.15) is 24.8 Å². The van der Waals surface area contributed by atoms with Crippen LogP contribution in [0.2, 0.25) is 0 Å². The van der Waals surface area contributed by atoms with E-state index in [2.05, 4.69) is 0 Å². The first-order valence-corrected chi connectivity index (χ1v) is 9.25. The minimum absolute atomic E-state index is 0. The summed E-state index contributed by atoms with van der Waals surface area (Å²) in [6, 6.07) is 17.7. The van der Waals surface area contributed by atoms with E-state index in [0.29, 0.717) is 18.0 Å². The fraction of sp³-hybridized carbons (Fsp3) is 0.217. The van der Waals surface area contributed by atoms with Gasteiger partial charge in [-0.05, 0) is 47.5 Å². The second-order valence-corrected chi connectivity index (χ2v) is 6.61. The van der Waals surface area contributed by atoms with Crippen molar-refractivity contribution in [3.8, 4) is 11.5 Å². The van der Waals surface area contributed by atoms with Gasteiger partial charge in [-0.3, -0.25) is 0 Å². The smallest absolute Gasteiger partial charge is 0.163 e. The van der Waals surface area contributed by atoms with Crippen LogP contribution in [0.25, 0.3) is 0 Å². The van der Waals surface area contributed by atoms with Gasteiger partial charge in [-0.25, -0.2) is 8.78 Å². The highest BCUT2D eigenvalue weighted by molar-refractivity contribution is 5.85. The van der Waals surface area contributed by atoms with E-state index in [-0.39, 0.29) is 43.9 Å². The third-order valence-corrected chi connectivity index (χ3v) is 4.42. The van der Waals surface area contributed by atoms with Crippen LogP contribution < -0.4 is 14.4 Å². The number of nitrogens with zero attached hydrogens (tertiary/aromatic N) is 1. The zero-order valence-electron chi connectivity index (χ0n) is 16.6. The SMILES string of the molecule is CN(CCO)c1ccc(OCc2ccc(F)cc2)c(OCc2ccc(F)cc2)c1.Cl. The maximum Gasteiger partial charge on any atom is 0.163 e. The normalized spacial score (nSPS) is 10.3. The lowest BCUT2D eigenvalue weighted by atomic mass is 10.2. The summed E-state index contributed by atoms with van der Waals surface area (Å²) < 4.78 is 38.0. The molecular formula is C23H24ClF2NO3.